The molecule has 3 unspecified atom stereocenters. The normalized spacial score (nSPS) is 57.3. The molecule has 6 atom stereocenters. The highest BCUT2D eigenvalue weighted by Crippen LogP contribution is 2.58. The summed E-state index contributed by atoms with van der Waals surface area (Å²) in [6.07, 6.45) is 4.03. The lowest BCUT2D eigenvalue weighted by Gasteiger charge is -2.47. The molecule has 0 spiro atoms. The maximum absolute atomic E-state index is 11.8. The Bertz CT molecular complexity index is 397. The Morgan fingerprint density at radius 2 is 1.81 bits per heavy atom. The average Bonchev–Trinajstić information content (AvgIpc) is 2.73. The smallest absolute Gasteiger partial charge is 0.195 e. The molecular weight excluding hydrogens is 204 g/mol. The van der Waals surface area contributed by atoms with Crippen molar-refractivity contribution < 1.29 is 4.86 Å². The summed E-state index contributed by atoms with van der Waals surface area (Å²) < 4.78 is 0. The fourth-order valence-corrected chi connectivity index (χ4v) is 4.52. The van der Waals surface area contributed by atoms with Gasteiger partial charge in [0.15, 0.2) is 6.04 Å². The standard InChI is InChI=1S/C11H16N4O/c1-11-8-4-2-6-10(11)7(15(16)14-6)3-5-9(11)13-12-8/h6-10H,2-5H2,1H3/t6-,7+,8?,9?,10?,11-/m0/s1. The Morgan fingerprint density at radius 1 is 1.12 bits per heavy atom. The Hall–Kier alpha value is -1.00. The molecule has 2 aliphatic carbocycles. The number of hydrogen-bond acceptors (Lipinski definition) is 4. The zero-order chi connectivity index (χ0) is 10.9. The second kappa shape index (κ2) is 2.63. The molecule has 0 radical (unpaired) electrons. The first-order chi connectivity index (χ1) is 7.71. The minimum absolute atomic E-state index is 0.109. The number of hydroxylamine groups is 1. The van der Waals surface area contributed by atoms with Gasteiger partial charge in [-0.25, -0.2) is 0 Å². The first kappa shape index (κ1) is 9.07. The molecule has 86 valence electrons. The van der Waals surface area contributed by atoms with Gasteiger partial charge in [0, 0.05) is 11.8 Å². The minimum atomic E-state index is 0.109. The van der Waals surface area contributed by atoms with Gasteiger partial charge in [0.1, 0.15) is 6.04 Å². The van der Waals surface area contributed by atoms with E-state index in [1.54, 1.807) is 0 Å². The molecule has 16 heavy (non-hydrogen) atoms. The maximum atomic E-state index is 11.8. The van der Waals surface area contributed by atoms with E-state index in [9.17, 15) is 5.21 Å². The van der Waals surface area contributed by atoms with Crippen LogP contribution in [0.5, 0.6) is 0 Å². The van der Waals surface area contributed by atoms with Gasteiger partial charge in [0.05, 0.1) is 18.0 Å². The summed E-state index contributed by atoms with van der Waals surface area (Å²) in [7, 11) is 0. The summed E-state index contributed by atoms with van der Waals surface area (Å²) in [4.78, 5) is 0.998. The first-order valence-electron chi connectivity index (χ1n) is 6.28. The lowest BCUT2D eigenvalue weighted by Crippen LogP contribution is -2.57. The van der Waals surface area contributed by atoms with Gasteiger partial charge in [0.25, 0.3) is 0 Å². The quantitative estimate of drug-likeness (QED) is 0.455. The van der Waals surface area contributed by atoms with Crippen molar-refractivity contribution in [1.29, 1.82) is 0 Å². The fourth-order valence-electron chi connectivity index (χ4n) is 4.52. The first-order valence-corrected chi connectivity index (χ1v) is 6.28. The molecule has 4 aliphatic rings. The molecule has 0 amide bonds. The second-order valence-corrected chi connectivity index (χ2v) is 5.86. The highest BCUT2D eigenvalue weighted by molar-refractivity contribution is 5.14. The van der Waals surface area contributed by atoms with Crippen molar-refractivity contribution in [3.8, 4) is 0 Å². The highest BCUT2D eigenvalue weighted by atomic mass is 16.5. The number of rotatable bonds is 0. The molecule has 2 saturated carbocycles. The van der Waals surface area contributed by atoms with E-state index in [1.807, 2.05) is 0 Å². The van der Waals surface area contributed by atoms with Crippen molar-refractivity contribution in [3.63, 3.8) is 0 Å². The van der Waals surface area contributed by atoms with Crippen LogP contribution in [-0.2, 0) is 0 Å². The summed E-state index contributed by atoms with van der Waals surface area (Å²) >= 11 is 0. The van der Waals surface area contributed by atoms with Gasteiger partial charge in [-0.15, -0.1) is 0 Å². The SMILES string of the molecule is C[C@]12C3CC[C@@H]4N=[N+]([O-])[C@H](CCC1N=N3)C42. The molecule has 0 N–H and O–H groups in total. The Kier molecular flexibility index (Phi) is 1.49. The van der Waals surface area contributed by atoms with E-state index in [0.29, 0.717) is 18.0 Å². The molecule has 0 aromatic rings. The topological polar surface area (TPSA) is 63.1 Å². The van der Waals surface area contributed by atoms with Crippen molar-refractivity contribution in [3.05, 3.63) is 5.21 Å². The van der Waals surface area contributed by atoms with Gasteiger partial charge < -0.3 is 5.21 Å². The summed E-state index contributed by atoms with van der Waals surface area (Å²) in [6.45, 7) is 2.29. The van der Waals surface area contributed by atoms with E-state index >= 15 is 0 Å². The van der Waals surface area contributed by atoms with Crippen LogP contribution in [0.1, 0.15) is 32.6 Å². The van der Waals surface area contributed by atoms with Crippen LogP contribution in [0.3, 0.4) is 0 Å². The maximum Gasteiger partial charge on any atom is 0.195 e. The Morgan fingerprint density at radius 3 is 2.56 bits per heavy atom. The molecule has 0 aromatic carbocycles. The van der Waals surface area contributed by atoms with Crippen LogP contribution in [0.15, 0.2) is 15.3 Å². The van der Waals surface area contributed by atoms with E-state index in [4.69, 9.17) is 0 Å². The molecule has 2 aliphatic heterocycles. The third-order valence-corrected chi connectivity index (χ3v) is 5.35. The van der Waals surface area contributed by atoms with Crippen LogP contribution in [0.2, 0.25) is 0 Å². The van der Waals surface area contributed by atoms with Crippen molar-refractivity contribution in [1.82, 2.24) is 0 Å². The predicted molar refractivity (Wildman–Crippen MR) is 56.1 cm³/mol. The van der Waals surface area contributed by atoms with E-state index < -0.39 is 0 Å². The zero-order valence-electron chi connectivity index (χ0n) is 9.41. The molecule has 0 bridgehead atoms. The summed E-state index contributed by atoms with van der Waals surface area (Å²) in [5.41, 5.74) is 0.120. The number of azo groups is 2. The number of nitrogens with zero attached hydrogens (tertiary/aromatic N) is 4. The summed E-state index contributed by atoms with van der Waals surface area (Å²) in [5, 5.41) is 25.0. The predicted octanol–water partition coefficient (Wildman–Crippen LogP) is 2.11. The minimum Gasteiger partial charge on any atom is -0.600 e. The van der Waals surface area contributed by atoms with Crippen molar-refractivity contribution in [2.75, 3.05) is 0 Å². The van der Waals surface area contributed by atoms with Crippen molar-refractivity contribution in [2.45, 2.75) is 56.8 Å². The number of hydrogen-bond donors (Lipinski definition) is 0. The van der Waals surface area contributed by atoms with Crippen LogP contribution < -0.4 is 0 Å². The molecule has 2 fully saturated rings. The largest absolute Gasteiger partial charge is 0.600 e. The molecule has 5 heteroatoms. The summed E-state index contributed by atoms with van der Waals surface area (Å²) in [6, 6.07) is 1.05. The van der Waals surface area contributed by atoms with Gasteiger partial charge in [-0.3, -0.25) is 0 Å². The molecule has 5 nitrogen and oxygen atoms in total. The zero-order valence-corrected chi connectivity index (χ0v) is 9.41. The van der Waals surface area contributed by atoms with Crippen molar-refractivity contribution >= 4 is 0 Å². The van der Waals surface area contributed by atoms with E-state index in [-0.39, 0.29) is 17.5 Å². The molecule has 4 rings (SSSR count). The Labute approximate surface area is 94.2 Å². The molecule has 0 aromatic heterocycles. The van der Waals surface area contributed by atoms with Crippen LogP contribution in [0, 0.1) is 16.5 Å². The summed E-state index contributed by atoms with van der Waals surface area (Å²) in [5.74, 6) is 0.400. The molecule has 0 saturated heterocycles. The van der Waals surface area contributed by atoms with Gasteiger partial charge in [0.2, 0.25) is 0 Å². The Balaban J connectivity index is 1.83. The van der Waals surface area contributed by atoms with Gasteiger partial charge in [-0.05, 0) is 24.4 Å². The van der Waals surface area contributed by atoms with Gasteiger partial charge >= 0.3 is 0 Å². The van der Waals surface area contributed by atoms with E-state index in [0.717, 1.165) is 30.5 Å². The lowest BCUT2D eigenvalue weighted by atomic mass is 9.54. The highest BCUT2D eigenvalue weighted by Gasteiger charge is 2.66. The van der Waals surface area contributed by atoms with Crippen LogP contribution in [-0.4, -0.2) is 29.0 Å². The average molecular weight is 220 g/mol. The van der Waals surface area contributed by atoms with Gasteiger partial charge in [-0.2, -0.15) is 10.2 Å². The molecular formula is C11H16N4O. The monoisotopic (exact) mass is 220 g/mol. The van der Waals surface area contributed by atoms with Crippen LogP contribution >= 0.6 is 0 Å². The third kappa shape index (κ3) is 0.812. The van der Waals surface area contributed by atoms with Crippen molar-refractivity contribution in [2.24, 2.45) is 26.7 Å². The van der Waals surface area contributed by atoms with Crippen LogP contribution in [0.4, 0.5) is 0 Å². The second-order valence-electron chi connectivity index (χ2n) is 5.86. The third-order valence-electron chi connectivity index (χ3n) is 5.35. The van der Waals surface area contributed by atoms with E-state index in [1.165, 1.54) is 0 Å². The van der Waals surface area contributed by atoms with Gasteiger partial charge in [-0.1, -0.05) is 11.8 Å². The fraction of sp³-hybridized carbons (Fsp3) is 1.00. The van der Waals surface area contributed by atoms with E-state index in [2.05, 4.69) is 22.3 Å². The molecule has 2 heterocycles. The van der Waals surface area contributed by atoms with Crippen LogP contribution in [0.25, 0.3) is 0 Å². The lowest BCUT2D eigenvalue weighted by molar-refractivity contribution is -0.563.